The number of benzene rings is 1. The number of hydrogen-bond donors (Lipinski definition) is 1. The number of rotatable bonds is 4. The quantitative estimate of drug-likeness (QED) is 0.542. The highest BCUT2D eigenvalue weighted by Gasteiger charge is 2.35. The molecule has 0 saturated carbocycles. The molecular weight excluding hydrogens is 394 g/mol. The lowest BCUT2D eigenvalue weighted by molar-refractivity contribution is 0.0934. The zero-order chi connectivity index (χ0) is 20.8. The van der Waals surface area contributed by atoms with Crippen LogP contribution in [0.4, 0.5) is 11.5 Å². The fourth-order valence-electron chi connectivity index (χ4n) is 4.46. The lowest BCUT2D eigenvalue weighted by Gasteiger charge is -2.45. The van der Waals surface area contributed by atoms with Gasteiger partial charge >= 0.3 is 0 Å². The Kier molecular flexibility index (Phi) is 4.34. The first-order chi connectivity index (χ1) is 15.3. The van der Waals surface area contributed by atoms with Crippen molar-refractivity contribution in [3.8, 4) is 11.4 Å². The fourth-order valence-corrected chi connectivity index (χ4v) is 4.46. The van der Waals surface area contributed by atoms with Gasteiger partial charge in [0.25, 0.3) is 0 Å². The summed E-state index contributed by atoms with van der Waals surface area (Å²) >= 11 is 0. The zero-order valence-electron chi connectivity index (χ0n) is 17.3. The number of aryl methyl sites for hydroxylation is 1. The number of hydrogen-bond acceptors (Lipinski definition) is 8. The van der Waals surface area contributed by atoms with Crippen LogP contribution in [0.2, 0.25) is 0 Å². The van der Waals surface area contributed by atoms with Crippen LogP contribution in [0.5, 0.6) is 0 Å². The Bertz CT molecular complexity index is 1230. The maximum atomic E-state index is 5.77. The van der Waals surface area contributed by atoms with Gasteiger partial charge in [-0.15, -0.1) is 10.2 Å². The van der Waals surface area contributed by atoms with E-state index in [2.05, 4.69) is 43.2 Å². The lowest BCUT2D eigenvalue weighted by atomic mass is 10.1. The molecule has 1 aromatic carbocycles. The second-order valence-electron chi connectivity index (χ2n) is 7.89. The average Bonchev–Trinajstić information content (AvgIpc) is 3.48. The molecule has 0 aliphatic carbocycles. The van der Waals surface area contributed by atoms with Crippen LogP contribution in [0.15, 0.2) is 41.1 Å². The van der Waals surface area contributed by atoms with Crippen LogP contribution in [0, 0.1) is 0 Å². The van der Waals surface area contributed by atoms with Crippen molar-refractivity contribution in [2.45, 2.75) is 25.9 Å². The van der Waals surface area contributed by atoms with Crippen molar-refractivity contribution < 1.29 is 9.15 Å². The third-order valence-electron chi connectivity index (χ3n) is 5.99. The molecule has 2 aliphatic heterocycles. The van der Waals surface area contributed by atoms with Gasteiger partial charge in [0.15, 0.2) is 11.6 Å². The predicted molar refractivity (Wildman–Crippen MR) is 116 cm³/mol. The molecule has 6 rings (SSSR count). The summed E-state index contributed by atoms with van der Waals surface area (Å²) in [6.45, 7) is 5.52. The van der Waals surface area contributed by atoms with E-state index in [0.29, 0.717) is 31.5 Å². The van der Waals surface area contributed by atoms with E-state index in [4.69, 9.17) is 19.1 Å². The topological polar surface area (TPSA) is 96.2 Å². The molecule has 1 saturated heterocycles. The van der Waals surface area contributed by atoms with E-state index in [9.17, 15) is 0 Å². The monoisotopic (exact) mass is 417 g/mol. The molecule has 0 radical (unpaired) electrons. The van der Waals surface area contributed by atoms with Gasteiger partial charge in [-0.05, 0) is 12.1 Å². The van der Waals surface area contributed by atoms with Crippen LogP contribution in [0.25, 0.3) is 22.3 Å². The summed E-state index contributed by atoms with van der Waals surface area (Å²) < 4.78 is 11.5. The zero-order valence-corrected chi connectivity index (χ0v) is 17.3. The van der Waals surface area contributed by atoms with Crippen LogP contribution >= 0.6 is 0 Å². The Morgan fingerprint density at radius 2 is 2.13 bits per heavy atom. The van der Waals surface area contributed by atoms with E-state index in [1.165, 1.54) is 0 Å². The minimum atomic E-state index is 0.223. The minimum Gasteiger partial charge on any atom is -0.423 e. The van der Waals surface area contributed by atoms with E-state index >= 15 is 0 Å². The van der Waals surface area contributed by atoms with Crippen LogP contribution in [0.3, 0.4) is 0 Å². The van der Waals surface area contributed by atoms with Crippen LogP contribution in [0.1, 0.15) is 18.7 Å². The predicted octanol–water partition coefficient (Wildman–Crippen LogP) is 2.80. The molecule has 1 fully saturated rings. The highest BCUT2D eigenvalue weighted by molar-refractivity contribution is 5.93. The van der Waals surface area contributed by atoms with Gasteiger partial charge in [-0.3, -0.25) is 0 Å². The highest BCUT2D eigenvalue weighted by atomic mass is 16.5. The summed E-state index contributed by atoms with van der Waals surface area (Å²) in [5.74, 6) is 2.92. The van der Waals surface area contributed by atoms with Crippen molar-refractivity contribution in [3.05, 3.63) is 48.4 Å². The van der Waals surface area contributed by atoms with Gasteiger partial charge in [0.1, 0.15) is 0 Å². The molecule has 31 heavy (non-hydrogen) atoms. The van der Waals surface area contributed by atoms with Crippen molar-refractivity contribution in [2.75, 3.05) is 36.1 Å². The molecule has 4 aromatic rings. The van der Waals surface area contributed by atoms with E-state index in [1.54, 1.807) is 0 Å². The van der Waals surface area contributed by atoms with Crippen molar-refractivity contribution in [2.24, 2.45) is 0 Å². The third-order valence-corrected chi connectivity index (χ3v) is 5.99. The number of ether oxygens (including phenoxy) is 1. The Hall–Kier alpha value is -3.46. The number of aromatic nitrogens is 5. The standard InChI is InChI=1S/C22H23N7O2/c1-2-19-26-27-20(31-19)12-28-11-14-13-30-9-8-29(14)22-18(28)10-24-21(25-22)16-4-3-5-17-15(16)6-7-23-17/h3-7,10,14,23H,2,8-9,11-13H2,1H3/t14-/m1/s1. The van der Waals surface area contributed by atoms with Gasteiger partial charge in [0, 0.05) is 42.2 Å². The summed E-state index contributed by atoms with van der Waals surface area (Å²) in [4.78, 5) is 17.6. The summed E-state index contributed by atoms with van der Waals surface area (Å²) in [7, 11) is 0. The van der Waals surface area contributed by atoms with Gasteiger partial charge in [-0.25, -0.2) is 9.97 Å². The molecule has 0 bridgehead atoms. The highest BCUT2D eigenvalue weighted by Crippen LogP contribution is 2.37. The number of H-pyrrole nitrogens is 1. The van der Waals surface area contributed by atoms with Crippen LogP contribution in [-0.4, -0.2) is 57.5 Å². The second kappa shape index (κ2) is 7.35. The smallest absolute Gasteiger partial charge is 0.235 e. The summed E-state index contributed by atoms with van der Waals surface area (Å²) in [5.41, 5.74) is 3.08. The minimum absolute atomic E-state index is 0.223. The summed E-state index contributed by atoms with van der Waals surface area (Å²) in [6, 6.07) is 8.45. The Labute approximate surface area is 179 Å². The maximum absolute atomic E-state index is 5.77. The number of nitrogens with zero attached hydrogens (tertiary/aromatic N) is 6. The number of aromatic amines is 1. The van der Waals surface area contributed by atoms with Gasteiger partial charge in [-0.2, -0.15) is 0 Å². The lowest BCUT2D eigenvalue weighted by Crippen LogP contribution is -2.55. The van der Waals surface area contributed by atoms with E-state index in [1.807, 2.05) is 25.4 Å². The molecule has 1 N–H and O–H groups in total. The molecule has 0 spiro atoms. The molecule has 9 nitrogen and oxygen atoms in total. The van der Waals surface area contributed by atoms with Crippen LogP contribution in [-0.2, 0) is 17.7 Å². The van der Waals surface area contributed by atoms with E-state index < -0.39 is 0 Å². The summed E-state index contributed by atoms with van der Waals surface area (Å²) in [6.07, 6.45) is 4.60. The van der Waals surface area contributed by atoms with Crippen molar-refractivity contribution in [3.63, 3.8) is 0 Å². The second-order valence-corrected chi connectivity index (χ2v) is 7.89. The molecule has 9 heteroatoms. The Balaban J connectivity index is 1.42. The van der Waals surface area contributed by atoms with Crippen molar-refractivity contribution in [1.29, 1.82) is 0 Å². The van der Waals surface area contributed by atoms with E-state index in [-0.39, 0.29) is 6.04 Å². The summed E-state index contributed by atoms with van der Waals surface area (Å²) in [5, 5.41) is 9.42. The van der Waals surface area contributed by atoms with Gasteiger partial charge in [0.2, 0.25) is 11.8 Å². The number of anilines is 2. The van der Waals surface area contributed by atoms with Gasteiger partial charge in [-0.1, -0.05) is 19.1 Å². The molecule has 2 aliphatic rings. The number of fused-ring (bicyclic) bond motifs is 4. The molecule has 0 unspecified atom stereocenters. The van der Waals surface area contributed by atoms with Gasteiger partial charge < -0.3 is 23.9 Å². The Morgan fingerprint density at radius 3 is 3.03 bits per heavy atom. The SMILES string of the molecule is CCc1nnc(CN2C[C@@H]3COCCN3c3nc(-c4cccc5[nH]ccc45)ncc32)o1. The van der Waals surface area contributed by atoms with Gasteiger partial charge in [0.05, 0.1) is 37.7 Å². The normalized spacial score (nSPS) is 18.3. The fraction of sp³-hybridized carbons (Fsp3) is 0.364. The number of nitrogens with one attached hydrogen (secondary N) is 1. The van der Waals surface area contributed by atoms with Crippen molar-refractivity contribution >= 4 is 22.4 Å². The molecule has 158 valence electrons. The van der Waals surface area contributed by atoms with E-state index in [0.717, 1.165) is 53.3 Å². The number of morpholine rings is 1. The maximum Gasteiger partial charge on any atom is 0.235 e. The first-order valence-electron chi connectivity index (χ1n) is 10.6. The average molecular weight is 417 g/mol. The third kappa shape index (κ3) is 3.12. The first-order valence-corrected chi connectivity index (χ1v) is 10.6. The first kappa shape index (κ1) is 18.3. The van der Waals surface area contributed by atoms with Crippen molar-refractivity contribution in [1.82, 2.24) is 25.1 Å². The molecular formula is C22H23N7O2. The molecule has 1 atom stereocenters. The molecule has 5 heterocycles. The molecule has 0 amide bonds. The largest absolute Gasteiger partial charge is 0.423 e. The van der Waals surface area contributed by atoms with Crippen LogP contribution < -0.4 is 9.80 Å². The molecule has 3 aromatic heterocycles. The Morgan fingerprint density at radius 1 is 1.19 bits per heavy atom.